The molecule has 1 N–H and O–H groups in total. The number of anilines is 1. The van der Waals surface area contributed by atoms with E-state index in [1.807, 2.05) is 17.0 Å². The van der Waals surface area contributed by atoms with Gasteiger partial charge in [-0.05, 0) is 24.3 Å². The van der Waals surface area contributed by atoms with Crippen molar-refractivity contribution in [2.75, 3.05) is 31.1 Å². The number of phenolic OH excluding ortho intramolecular Hbond substituents is 1. The summed E-state index contributed by atoms with van der Waals surface area (Å²) < 4.78 is 0. The van der Waals surface area contributed by atoms with Crippen LogP contribution in [0.3, 0.4) is 0 Å². The van der Waals surface area contributed by atoms with Crippen molar-refractivity contribution < 1.29 is 14.8 Å². The first kappa shape index (κ1) is 15.8. The van der Waals surface area contributed by atoms with Crippen LogP contribution in [-0.4, -0.2) is 47.0 Å². The van der Waals surface area contributed by atoms with E-state index in [0.717, 1.165) is 5.69 Å². The van der Waals surface area contributed by atoms with Gasteiger partial charge in [0.05, 0.1) is 10.6 Å². The van der Waals surface area contributed by atoms with E-state index in [2.05, 4.69) is 0 Å². The molecule has 0 radical (unpaired) electrons. The van der Waals surface area contributed by atoms with Gasteiger partial charge in [-0.2, -0.15) is 0 Å². The number of benzene rings is 2. The molecule has 0 bridgehead atoms. The van der Waals surface area contributed by atoms with Crippen LogP contribution in [0.1, 0.15) is 10.4 Å². The van der Waals surface area contributed by atoms with E-state index in [9.17, 15) is 20.0 Å². The standard InChI is InChI=1S/C17H17N3O4/c21-16-4-2-1-3-15(16)18-9-11-19(12-10-18)17(22)13-5-7-14(8-6-13)20(23)24/h1-8,21H,9-12H2. The zero-order valence-corrected chi connectivity index (χ0v) is 13.0. The third kappa shape index (κ3) is 3.15. The van der Waals surface area contributed by atoms with Crippen molar-refractivity contribution in [2.24, 2.45) is 0 Å². The van der Waals surface area contributed by atoms with Gasteiger partial charge in [-0.25, -0.2) is 0 Å². The van der Waals surface area contributed by atoms with E-state index in [1.54, 1.807) is 17.0 Å². The molecule has 3 rings (SSSR count). The van der Waals surface area contributed by atoms with Crippen molar-refractivity contribution in [3.8, 4) is 5.75 Å². The number of piperazine rings is 1. The maximum atomic E-state index is 12.5. The van der Waals surface area contributed by atoms with Crippen LogP contribution in [0.25, 0.3) is 0 Å². The van der Waals surface area contributed by atoms with Gasteiger partial charge in [0.25, 0.3) is 11.6 Å². The number of carbonyl (C=O) groups excluding carboxylic acids is 1. The molecule has 124 valence electrons. The van der Waals surface area contributed by atoms with Crippen molar-refractivity contribution in [3.05, 3.63) is 64.2 Å². The number of phenols is 1. The smallest absolute Gasteiger partial charge is 0.269 e. The Hall–Kier alpha value is -3.09. The summed E-state index contributed by atoms with van der Waals surface area (Å²) in [6.07, 6.45) is 0. The van der Waals surface area contributed by atoms with Crippen LogP contribution in [0.15, 0.2) is 48.5 Å². The molecule has 0 spiro atoms. The molecule has 1 amide bonds. The van der Waals surface area contributed by atoms with Crippen molar-refractivity contribution >= 4 is 17.3 Å². The zero-order chi connectivity index (χ0) is 17.1. The first-order valence-corrected chi connectivity index (χ1v) is 7.63. The number of para-hydroxylation sites is 2. The van der Waals surface area contributed by atoms with Crippen molar-refractivity contribution in [1.82, 2.24) is 4.90 Å². The number of nitro groups is 1. The lowest BCUT2D eigenvalue weighted by Gasteiger charge is -2.36. The molecule has 2 aromatic rings. The highest BCUT2D eigenvalue weighted by Crippen LogP contribution is 2.27. The summed E-state index contributed by atoms with van der Waals surface area (Å²) in [7, 11) is 0. The number of carbonyl (C=O) groups is 1. The average molecular weight is 327 g/mol. The number of hydrogen-bond donors (Lipinski definition) is 1. The van der Waals surface area contributed by atoms with E-state index in [4.69, 9.17) is 0 Å². The Bertz CT molecular complexity index is 753. The van der Waals surface area contributed by atoms with Crippen molar-refractivity contribution in [1.29, 1.82) is 0 Å². The van der Waals surface area contributed by atoms with Crippen LogP contribution in [0.2, 0.25) is 0 Å². The Morgan fingerprint density at radius 3 is 2.21 bits per heavy atom. The van der Waals surface area contributed by atoms with E-state index >= 15 is 0 Å². The quantitative estimate of drug-likeness (QED) is 0.690. The summed E-state index contributed by atoms with van der Waals surface area (Å²) in [5, 5.41) is 20.6. The summed E-state index contributed by atoms with van der Waals surface area (Å²) >= 11 is 0. The van der Waals surface area contributed by atoms with Crippen LogP contribution in [0.5, 0.6) is 5.75 Å². The molecule has 1 heterocycles. The fourth-order valence-electron chi connectivity index (χ4n) is 2.79. The number of hydrogen-bond acceptors (Lipinski definition) is 5. The van der Waals surface area contributed by atoms with Crippen molar-refractivity contribution in [3.63, 3.8) is 0 Å². The SMILES string of the molecule is O=C(c1ccc([N+](=O)[O-])cc1)N1CCN(c2ccccc2O)CC1. The summed E-state index contributed by atoms with van der Waals surface area (Å²) in [6, 6.07) is 12.8. The van der Waals surface area contributed by atoms with Crippen LogP contribution >= 0.6 is 0 Å². The number of nitrogens with zero attached hydrogens (tertiary/aromatic N) is 3. The maximum absolute atomic E-state index is 12.5. The molecular formula is C17H17N3O4. The Morgan fingerprint density at radius 1 is 1.00 bits per heavy atom. The third-order valence-electron chi connectivity index (χ3n) is 4.11. The van der Waals surface area contributed by atoms with Crippen molar-refractivity contribution in [2.45, 2.75) is 0 Å². The van der Waals surface area contributed by atoms with E-state index in [-0.39, 0.29) is 17.3 Å². The molecule has 2 aromatic carbocycles. The van der Waals surface area contributed by atoms with Gasteiger partial charge in [0.1, 0.15) is 5.75 Å². The number of nitro benzene ring substituents is 1. The number of non-ortho nitro benzene ring substituents is 1. The average Bonchev–Trinajstić information content (AvgIpc) is 2.62. The maximum Gasteiger partial charge on any atom is 0.269 e. The molecule has 1 fully saturated rings. The molecule has 0 unspecified atom stereocenters. The second kappa shape index (κ2) is 6.57. The van der Waals surface area contributed by atoms with Gasteiger partial charge in [0.2, 0.25) is 0 Å². The predicted molar refractivity (Wildman–Crippen MR) is 89.3 cm³/mol. The van der Waals surface area contributed by atoms with E-state index in [1.165, 1.54) is 24.3 Å². The van der Waals surface area contributed by atoms with Gasteiger partial charge in [-0.3, -0.25) is 14.9 Å². The minimum Gasteiger partial charge on any atom is -0.506 e. The molecule has 7 nitrogen and oxygen atoms in total. The Labute approximate surface area is 138 Å². The summed E-state index contributed by atoms with van der Waals surface area (Å²) in [4.78, 5) is 26.4. The predicted octanol–water partition coefficient (Wildman–Crippen LogP) is 2.26. The molecule has 1 aliphatic rings. The lowest BCUT2D eigenvalue weighted by atomic mass is 10.1. The summed E-state index contributed by atoms with van der Waals surface area (Å²) in [5.74, 6) is 0.0921. The number of aromatic hydroxyl groups is 1. The first-order valence-electron chi connectivity index (χ1n) is 7.63. The highest BCUT2D eigenvalue weighted by molar-refractivity contribution is 5.94. The van der Waals surface area contributed by atoms with Gasteiger partial charge < -0.3 is 14.9 Å². The van der Waals surface area contributed by atoms with Gasteiger partial charge in [0.15, 0.2) is 0 Å². The van der Waals surface area contributed by atoms with Crippen LogP contribution in [0.4, 0.5) is 11.4 Å². The summed E-state index contributed by atoms with van der Waals surface area (Å²) in [5.41, 5.74) is 1.17. The minimum atomic E-state index is -0.487. The van der Waals surface area contributed by atoms with Crippen LogP contribution in [-0.2, 0) is 0 Å². The fourth-order valence-corrected chi connectivity index (χ4v) is 2.79. The minimum absolute atomic E-state index is 0.0316. The lowest BCUT2D eigenvalue weighted by molar-refractivity contribution is -0.384. The topological polar surface area (TPSA) is 86.9 Å². The normalized spacial score (nSPS) is 14.5. The second-order valence-corrected chi connectivity index (χ2v) is 5.57. The largest absolute Gasteiger partial charge is 0.506 e. The Morgan fingerprint density at radius 2 is 1.62 bits per heavy atom. The first-order chi connectivity index (χ1) is 11.6. The molecular weight excluding hydrogens is 310 g/mol. The number of amides is 1. The van der Waals surface area contributed by atoms with Gasteiger partial charge in [0, 0.05) is 43.9 Å². The second-order valence-electron chi connectivity index (χ2n) is 5.57. The molecule has 24 heavy (non-hydrogen) atoms. The highest BCUT2D eigenvalue weighted by atomic mass is 16.6. The molecule has 0 aromatic heterocycles. The highest BCUT2D eigenvalue weighted by Gasteiger charge is 2.23. The number of rotatable bonds is 3. The van der Waals surface area contributed by atoms with E-state index in [0.29, 0.717) is 31.7 Å². The molecule has 0 saturated carbocycles. The third-order valence-corrected chi connectivity index (χ3v) is 4.11. The Kier molecular flexibility index (Phi) is 4.33. The van der Waals surface area contributed by atoms with Gasteiger partial charge >= 0.3 is 0 Å². The van der Waals surface area contributed by atoms with Crippen LogP contribution in [0, 0.1) is 10.1 Å². The molecule has 1 saturated heterocycles. The van der Waals surface area contributed by atoms with Crippen LogP contribution < -0.4 is 4.90 Å². The molecule has 0 atom stereocenters. The molecule has 0 aliphatic carbocycles. The monoisotopic (exact) mass is 327 g/mol. The van der Waals surface area contributed by atoms with Gasteiger partial charge in [-0.1, -0.05) is 12.1 Å². The Balaban J connectivity index is 1.65. The van der Waals surface area contributed by atoms with E-state index < -0.39 is 4.92 Å². The zero-order valence-electron chi connectivity index (χ0n) is 13.0. The summed E-state index contributed by atoms with van der Waals surface area (Å²) in [6.45, 7) is 2.31. The molecule has 1 aliphatic heterocycles. The fraction of sp³-hybridized carbons (Fsp3) is 0.235. The molecule has 7 heteroatoms. The van der Waals surface area contributed by atoms with Gasteiger partial charge in [-0.15, -0.1) is 0 Å². The lowest BCUT2D eigenvalue weighted by Crippen LogP contribution is -2.48.